The van der Waals surface area contributed by atoms with E-state index in [1.807, 2.05) is 19.0 Å². The Hall–Kier alpha value is -4.46. The van der Waals surface area contributed by atoms with E-state index in [0.717, 1.165) is 17.7 Å². The number of aliphatic imine (C=N–C) groups is 1. The molecule has 0 fully saturated rings. The van der Waals surface area contributed by atoms with Gasteiger partial charge in [0.2, 0.25) is 17.7 Å². The summed E-state index contributed by atoms with van der Waals surface area (Å²) >= 11 is 2.66. The summed E-state index contributed by atoms with van der Waals surface area (Å²) in [5, 5.41) is 21.2. The second-order valence-electron chi connectivity index (χ2n) is 15.5. The maximum absolute atomic E-state index is 13.4. The Morgan fingerprint density at radius 2 is 1.69 bits per heavy atom. The number of unbranched alkanes of at least 4 members (excludes halogenated alkanes) is 2. The van der Waals surface area contributed by atoms with Crippen molar-refractivity contribution in [2.45, 2.75) is 109 Å². The molecule has 0 spiro atoms. The van der Waals surface area contributed by atoms with Gasteiger partial charge in [-0.15, -0.1) is 23.1 Å². The normalized spacial score (nSPS) is 15.6. The number of amides is 4. The van der Waals surface area contributed by atoms with E-state index < -0.39 is 65.2 Å². The quantitative estimate of drug-likeness (QED) is 0.0830. The molecular weight excluding hydrogens is 789 g/mol. The second kappa shape index (κ2) is 23.2. The van der Waals surface area contributed by atoms with Crippen LogP contribution in [0, 0.1) is 5.92 Å². The minimum Gasteiger partial charge on any atom is -0.480 e. The number of Topliss-reactive ketones (excluding diaryl/α,β-unsaturated/α-hetero) is 2. The lowest BCUT2D eigenvalue weighted by molar-refractivity contribution is -0.137. The third-order valence-electron chi connectivity index (χ3n) is 8.85. The molecule has 0 radical (unpaired) electrons. The van der Waals surface area contributed by atoms with Gasteiger partial charge < -0.3 is 41.7 Å². The number of alkyl carbamates (subject to hydrolysis) is 1. The van der Waals surface area contributed by atoms with E-state index in [4.69, 9.17) is 10.5 Å². The maximum atomic E-state index is 13.4. The fourth-order valence-electron chi connectivity index (χ4n) is 5.76. The monoisotopic (exact) mass is 846 g/mol. The Balaban J connectivity index is 1.51. The van der Waals surface area contributed by atoms with Gasteiger partial charge in [0.05, 0.1) is 22.8 Å². The molecule has 1 aliphatic rings. The molecule has 2 aromatic rings. The average Bonchev–Trinajstić information content (AvgIpc) is 3.81. The molecule has 1 aliphatic heterocycles. The van der Waals surface area contributed by atoms with Crippen LogP contribution in [-0.4, -0.2) is 125 Å². The van der Waals surface area contributed by atoms with Crippen molar-refractivity contribution in [1.82, 2.24) is 25.8 Å². The van der Waals surface area contributed by atoms with Crippen molar-refractivity contribution < 1.29 is 43.4 Å². The highest BCUT2D eigenvalue weighted by Gasteiger charge is 2.29. The Bertz CT molecular complexity index is 1810. The number of thioether (sulfide) groups is 1. The number of thiazole rings is 1. The number of nitrogens with one attached hydrogen (secondary N) is 4. The Morgan fingerprint density at radius 3 is 2.34 bits per heavy atom. The second-order valence-corrected chi connectivity index (χ2v) is 17.6. The number of nitrogens with two attached hydrogens (primary N) is 1. The summed E-state index contributed by atoms with van der Waals surface area (Å²) in [6.07, 6.45) is 2.15. The zero-order valence-corrected chi connectivity index (χ0v) is 35.8. The van der Waals surface area contributed by atoms with Crippen LogP contribution in [0.3, 0.4) is 0 Å². The molecule has 19 heteroatoms. The van der Waals surface area contributed by atoms with Crippen molar-refractivity contribution in [3.63, 3.8) is 0 Å². The van der Waals surface area contributed by atoms with Crippen molar-refractivity contribution in [3.05, 3.63) is 23.2 Å². The average molecular weight is 847 g/mol. The summed E-state index contributed by atoms with van der Waals surface area (Å²) < 4.78 is 6.08. The van der Waals surface area contributed by atoms with Gasteiger partial charge in [-0.05, 0) is 105 Å². The number of ether oxygens (including phenoxy) is 1. The summed E-state index contributed by atoms with van der Waals surface area (Å²) in [6, 6.07) is 2.62. The first-order valence-electron chi connectivity index (χ1n) is 19.5. The Morgan fingerprint density at radius 1 is 0.983 bits per heavy atom. The largest absolute Gasteiger partial charge is 0.480 e. The fourth-order valence-corrected chi connectivity index (χ4v) is 7.86. The number of aromatic nitrogens is 1. The number of carboxylic acids is 1. The van der Waals surface area contributed by atoms with E-state index in [0.29, 0.717) is 65.7 Å². The van der Waals surface area contributed by atoms with Crippen molar-refractivity contribution in [2.75, 3.05) is 44.8 Å². The predicted molar refractivity (Wildman–Crippen MR) is 225 cm³/mol. The number of fused-ring (bicyclic) bond motifs is 1. The zero-order chi connectivity index (χ0) is 43.0. The lowest BCUT2D eigenvalue weighted by Gasteiger charge is -2.23. The lowest BCUT2D eigenvalue weighted by Crippen LogP contribution is -2.46. The number of carbonyl (C=O) groups excluding carboxylic acids is 6. The maximum Gasteiger partial charge on any atom is 0.408 e. The summed E-state index contributed by atoms with van der Waals surface area (Å²) in [5.41, 5.74) is 6.06. The van der Waals surface area contributed by atoms with E-state index in [2.05, 4.69) is 31.2 Å². The SMILES string of the molecule is C[C@H](CC(=O)CNC(=O)CCC(=O)[C@H](CCCCN(C)C)NC(=O)OC(C)(C)C)C(=O)NC(CCCCN)C(=O)Nc1ccc2nc(C3=NC(C(=O)O)CS3)sc2c1. The molecule has 0 saturated heterocycles. The van der Waals surface area contributed by atoms with Gasteiger partial charge in [-0.1, -0.05) is 6.92 Å². The highest BCUT2D eigenvalue weighted by atomic mass is 32.2. The van der Waals surface area contributed by atoms with E-state index in [1.165, 1.54) is 23.1 Å². The van der Waals surface area contributed by atoms with E-state index >= 15 is 0 Å². The number of hydrogen-bond donors (Lipinski definition) is 6. The molecule has 58 heavy (non-hydrogen) atoms. The van der Waals surface area contributed by atoms with Gasteiger partial charge in [-0.3, -0.25) is 29.0 Å². The van der Waals surface area contributed by atoms with Crippen LogP contribution in [0.2, 0.25) is 0 Å². The highest BCUT2D eigenvalue weighted by molar-refractivity contribution is 8.15. The topological polar surface area (TPSA) is 252 Å². The molecule has 7 N–H and O–H groups in total. The van der Waals surface area contributed by atoms with Gasteiger partial charge >= 0.3 is 12.1 Å². The smallest absolute Gasteiger partial charge is 0.408 e. The van der Waals surface area contributed by atoms with Gasteiger partial charge in [-0.25, -0.2) is 14.6 Å². The summed E-state index contributed by atoms with van der Waals surface area (Å²) in [5.74, 6) is -3.68. The van der Waals surface area contributed by atoms with Crippen molar-refractivity contribution in [3.8, 4) is 0 Å². The van der Waals surface area contributed by atoms with Crippen LogP contribution in [0.15, 0.2) is 23.2 Å². The Labute approximate surface area is 347 Å². The van der Waals surface area contributed by atoms with Crippen LogP contribution in [-0.2, 0) is 33.5 Å². The Kier molecular flexibility index (Phi) is 19.2. The van der Waals surface area contributed by atoms with Crippen LogP contribution in [0.4, 0.5) is 10.5 Å². The molecule has 2 heterocycles. The molecule has 0 aliphatic carbocycles. The molecule has 0 saturated carbocycles. The number of nitrogens with zero attached hydrogens (tertiary/aromatic N) is 3. The first-order chi connectivity index (χ1) is 27.3. The van der Waals surface area contributed by atoms with E-state index in [9.17, 15) is 38.7 Å². The highest BCUT2D eigenvalue weighted by Crippen LogP contribution is 2.31. The number of rotatable bonds is 24. The molecule has 3 rings (SSSR count). The first-order valence-corrected chi connectivity index (χ1v) is 21.3. The first kappa shape index (κ1) is 47.9. The number of benzene rings is 1. The van der Waals surface area contributed by atoms with Crippen LogP contribution in [0.5, 0.6) is 0 Å². The van der Waals surface area contributed by atoms with Gasteiger partial charge in [0.15, 0.2) is 17.6 Å². The molecule has 4 amide bonds. The summed E-state index contributed by atoms with van der Waals surface area (Å²) in [4.78, 5) is 99.7. The number of carbonyl (C=O) groups is 7. The van der Waals surface area contributed by atoms with E-state index in [1.54, 1.807) is 45.9 Å². The van der Waals surface area contributed by atoms with Gasteiger partial charge in [0.1, 0.15) is 21.7 Å². The molecule has 0 bridgehead atoms. The number of hydrogen-bond acceptors (Lipinski definition) is 14. The van der Waals surface area contributed by atoms with E-state index in [-0.39, 0.29) is 31.6 Å². The molecule has 320 valence electrons. The lowest BCUT2D eigenvalue weighted by atomic mass is 10.0. The fraction of sp³-hybridized carbons (Fsp3) is 0.615. The molecule has 1 aromatic carbocycles. The standard InChI is InChI=1S/C39H58N8O9S2/c1-23(19-25(48)21-41-32(50)16-15-30(49)26(11-8-10-18-47(5)6)46-38(55)56-39(2,3)4)33(51)43-28(12-7-9-17-40)34(52)42-24-13-14-27-31(20-24)58-36(44-27)35-45-29(22-57-35)37(53)54/h13-14,20,23,26,28-29H,7-12,15-19,21-22,40H2,1-6H3,(H,41,50)(H,42,52)(H,43,51)(H,46,55)(H,53,54)/t23-,26+,28?,29?/m1/s1. The predicted octanol–water partition coefficient (Wildman–Crippen LogP) is 3.48. The third kappa shape index (κ3) is 16.8. The number of carboxylic acid groups (broad SMARTS) is 1. The van der Waals surface area contributed by atoms with Crippen LogP contribution in [0.25, 0.3) is 10.2 Å². The van der Waals surface area contributed by atoms with Crippen molar-refractivity contribution >= 4 is 85.4 Å². The van der Waals surface area contributed by atoms with Gasteiger partial charge in [0, 0.05) is 36.6 Å². The molecule has 2 unspecified atom stereocenters. The van der Waals surface area contributed by atoms with Crippen LogP contribution >= 0.6 is 23.1 Å². The van der Waals surface area contributed by atoms with Crippen LogP contribution in [0.1, 0.15) is 90.5 Å². The van der Waals surface area contributed by atoms with Crippen molar-refractivity contribution in [2.24, 2.45) is 16.6 Å². The number of anilines is 1. The number of ketones is 2. The summed E-state index contributed by atoms with van der Waals surface area (Å²) in [6.45, 7) is 7.60. The van der Waals surface area contributed by atoms with Gasteiger partial charge in [-0.2, -0.15) is 0 Å². The van der Waals surface area contributed by atoms with Gasteiger partial charge in [0.25, 0.3) is 0 Å². The molecular formula is C39H58N8O9S2. The molecule has 17 nitrogen and oxygen atoms in total. The molecule has 4 atom stereocenters. The van der Waals surface area contributed by atoms with Crippen LogP contribution < -0.4 is 27.0 Å². The van der Waals surface area contributed by atoms with Crippen molar-refractivity contribution in [1.29, 1.82) is 0 Å². The number of aliphatic carboxylic acids is 1. The minimum atomic E-state index is -0.989. The minimum absolute atomic E-state index is 0.149. The zero-order valence-electron chi connectivity index (χ0n) is 34.2. The summed E-state index contributed by atoms with van der Waals surface area (Å²) in [7, 11) is 3.89. The third-order valence-corrected chi connectivity index (χ3v) is 11.1. The molecule has 1 aromatic heterocycles.